The molecule has 11 nitrogen and oxygen atoms in total. The summed E-state index contributed by atoms with van der Waals surface area (Å²) < 4.78 is 0. The molecule has 1 aliphatic heterocycles. The SMILES string of the molecule is CC(NC(=O)C(N)CC(N)=O)C(=O)N1CCCC1C(=O)NC(Cc1ccccc1)C(=O)O. The van der Waals surface area contributed by atoms with Crippen molar-refractivity contribution in [3.63, 3.8) is 0 Å². The quantitative estimate of drug-likeness (QED) is 0.289. The molecule has 4 amide bonds. The van der Waals surface area contributed by atoms with Gasteiger partial charge in [0, 0.05) is 13.0 Å². The Kier molecular flexibility index (Phi) is 8.71. The standard InChI is InChI=1S/C21H29N5O6/c1-12(24-18(28)14(22)11-17(23)27)20(30)26-9-5-8-16(26)19(29)25-15(21(31)32)10-13-6-3-2-4-7-13/h2-4,6-7,12,14-16H,5,8-11,22H2,1H3,(H2,23,27)(H,24,28)(H,25,29)(H,31,32). The highest BCUT2D eigenvalue weighted by Crippen LogP contribution is 2.19. The number of likely N-dealkylation sites (tertiary alicyclic amines) is 1. The Balaban J connectivity index is 2.00. The topological polar surface area (TPSA) is 185 Å². The normalized spacial score (nSPS) is 18.3. The summed E-state index contributed by atoms with van der Waals surface area (Å²) in [5.41, 5.74) is 11.4. The summed E-state index contributed by atoms with van der Waals surface area (Å²) >= 11 is 0. The van der Waals surface area contributed by atoms with Crippen molar-refractivity contribution in [2.24, 2.45) is 11.5 Å². The van der Waals surface area contributed by atoms with E-state index in [2.05, 4.69) is 10.6 Å². The highest BCUT2D eigenvalue weighted by Gasteiger charge is 2.38. The largest absolute Gasteiger partial charge is 0.480 e. The molecule has 32 heavy (non-hydrogen) atoms. The lowest BCUT2D eigenvalue weighted by Gasteiger charge is -2.28. The molecule has 0 bridgehead atoms. The lowest BCUT2D eigenvalue weighted by atomic mass is 10.1. The molecule has 4 atom stereocenters. The van der Waals surface area contributed by atoms with E-state index in [0.29, 0.717) is 19.4 Å². The molecule has 11 heteroatoms. The van der Waals surface area contributed by atoms with Crippen molar-refractivity contribution in [1.82, 2.24) is 15.5 Å². The average Bonchev–Trinajstić information content (AvgIpc) is 3.22. The number of hydrogen-bond donors (Lipinski definition) is 5. The summed E-state index contributed by atoms with van der Waals surface area (Å²) in [4.78, 5) is 61.6. The van der Waals surface area contributed by atoms with Crippen LogP contribution in [0.5, 0.6) is 0 Å². The van der Waals surface area contributed by atoms with Gasteiger partial charge in [-0.2, -0.15) is 0 Å². The van der Waals surface area contributed by atoms with Crippen molar-refractivity contribution >= 4 is 29.6 Å². The lowest BCUT2D eigenvalue weighted by Crippen LogP contribution is -2.56. The van der Waals surface area contributed by atoms with Crippen molar-refractivity contribution < 1.29 is 29.1 Å². The molecule has 4 unspecified atom stereocenters. The van der Waals surface area contributed by atoms with E-state index in [1.54, 1.807) is 30.3 Å². The molecule has 1 aliphatic rings. The van der Waals surface area contributed by atoms with E-state index in [0.717, 1.165) is 5.56 Å². The van der Waals surface area contributed by atoms with Crippen LogP contribution in [0.3, 0.4) is 0 Å². The Morgan fingerprint density at radius 3 is 2.41 bits per heavy atom. The zero-order valence-corrected chi connectivity index (χ0v) is 17.8. The number of carbonyl (C=O) groups excluding carboxylic acids is 4. The molecule has 1 fully saturated rings. The van der Waals surface area contributed by atoms with Crippen LogP contribution in [0.15, 0.2) is 30.3 Å². The first kappa shape index (κ1) is 24.8. The molecule has 0 aliphatic carbocycles. The van der Waals surface area contributed by atoms with Crippen molar-refractivity contribution in [3.8, 4) is 0 Å². The van der Waals surface area contributed by atoms with Crippen LogP contribution in [0.2, 0.25) is 0 Å². The number of carbonyl (C=O) groups is 5. The van der Waals surface area contributed by atoms with E-state index in [9.17, 15) is 29.1 Å². The summed E-state index contributed by atoms with van der Waals surface area (Å²) in [6, 6.07) is 4.72. The van der Waals surface area contributed by atoms with Gasteiger partial charge in [-0.25, -0.2) is 4.79 Å². The van der Waals surface area contributed by atoms with Crippen molar-refractivity contribution in [2.45, 2.75) is 56.8 Å². The first-order valence-electron chi connectivity index (χ1n) is 10.3. The maximum absolute atomic E-state index is 12.8. The Labute approximate surface area is 185 Å². The minimum absolute atomic E-state index is 0.104. The molecule has 2 rings (SSSR count). The van der Waals surface area contributed by atoms with Crippen molar-refractivity contribution in [1.29, 1.82) is 0 Å². The Hall–Kier alpha value is -3.47. The van der Waals surface area contributed by atoms with Gasteiger partial charge in [0.2, 0.25) is 23.6 Å². The van der Waals surface area contributed by atoms with Crippen LogP contribution >= 0.6 is 0 Å². The Morgan fingerprint density at radius 2 is 1.81 bits per heavy atom. The third kappa shape index (κ3) is 6.77. The monoisotopic (exact) mass is 447 g/mol. The molecule has 0 spiro atoms. The van der Waals surface area contributed by atoms with Crippen LogP contribution in [0, 0.1) is 0 Å². The second-order valence-electron chi connectivity index (χ2n) is 7.79. The van der Waals surface area contributed by atoms with Crippen molar-refractivity contribution in [2.75, 3.05) is 6.54 Å². The summed E-state index contributed by atoms with van der Waals surface area (Å²) in [6.45, 7) is 1.74. The molecule has 174 valence electrons. The fourth-order valence-corrected chi connectivity index (χ4v) is 3.56. The van der Waals surface area contributed by atoms with Crippen molar-refractivity contribution in [3.05, 3.63) is 35.9 Å². The maximum Gasteiger partial charge on any atom is 0.326 e. The first-order chi connectivity index (χ1) is 15.1. The highest BCUT2D eigenvalue weighted by molar-refractivity contribution is 5.95. The van der Waals surface area contributed by atoms with E-state index < -0.39 is 53.8 Å². The predicted molar refractivity (Wildman–Crippen MR) is 114 cm³/mol. The number of carboxylic acids is 1. The molecule has 1 saturated heterocycles. The third-order valence-corrected chi connectivity index (χ3v) is 5.22. The third-order valence-electron chi connectivity index (χ3n) is 5.22. The first-order valence-corrected chi connectivity index (χ1v) is 10.3. The van der Waals surface area contributed by atoms with E-state index in [-0.39, 0.29) is 12.8 Å². The Morgan fingerprint density at radius 1 is 1.16 bits per heavy atom. The number of amides is 4. The number of nitrogens with one attached hydrogen (secondary N) is 2. The number of benzene rings is 1. The van der Waals surface area contributed by atoms with Gasteiger partial charge < -0.3 is 32.1 Å². The van der Waals surface area contributed by atoms with Gasteiger partial charge in [0.25, 0.3) is 0 Å². The van der Waals surface area contributed by atoms with E-state index in [1.165, 1.54) is 11.8 Å². The van der Waals surface area contributed by atoms with Gasteiger partial charge >= 0.3 is 5.97 Å². The number of nitrogens with two attached hydrogens (primary N) is 2. The molecule has 0 saturated carbocycles. The summed E-state index contributed by atoms with van der Waals surface area (Å²) in [6.07, 6.45) is 0.672. The number of hydrogen-bond acceptors (Lipinski definition) is 6. The second kappa shape index (κ2) is 11.2. The summed E-state index contributed by atoms with van der Waals surface area (Å²) in [5.74, 6) is -3.70. The molecule has 0 radical (unpaired) electrons. The summed E-state index contributed by atoms with van der Waals surface area (Å²) in [5, 5.41) is 14.5. The summed E-state index contributed by atoms with van der Waals surface area (Å²) in [7, 11) is 0. The Bertz CT molecular complexity index is 861. The van der Waals surface area contributed by atoms with Gasteiger partial charge in [-0.3, -0.25) is 19.2 Å². The number of nitrogens with zero attached hydrogens (tertiary/aromatic N) is 1. The molecule has 1 heterocycles. The molecule has 0 aromatic heterocycles. The number of carboxylic acid groups (broad SMARTS) is 1. The molecular weight excluding hydrogens is 418 g/mol. The van der Waals surface area contributed by atoms with Crippen LogP contribution < -0.4 is 22.1 Å². The minimum Gasteiger partial charge on any atom is -0.480 e. The number of primary amides is 1. The molecule has 1 aromatic rings. The zero-order chi connectivity index (χ0) is 23.8. The fourth-order valence-electron chi connectivity index (χ4n) is 3.56. The smallest absolute Gasteiger partial charge is 0.326 e. The van der Waals surface area contributed by atoms with Crippen LogP contribution in [0.25, 0.3) is 0 Å². The molecule has 7 N–H and O–H groups in total. The predicted octanol–water partition coefficient (Wildman–Crippen LogP) is -1.50. The van der Waals surface area contributed by atoms with Gasteiger partial charge in [0.15, 0.2) is 0 Å². The number of rotatable bonds is 10. The van der Waals surface area contributed by atoms with E-state index in [4.69, 9.17) is 11.5 Å². The van der Waals surface area contributed by atoms with E-state index in [1.807, 2.05) is 0 Å². The van der Waals surface area contributed by atoms with Gasteiger partial charge in [-0.05, 0) is 25.3 Å². The van der Waals surface area contributed by atoms with Gasteiger partial charge in [0.05, 0.1) is 12.5 Å². The van der Waals surface area contributed by atoms with Crippen LogP contribution in [0.4, 0.5) is 0 Å². The average molecular weight is 447 g/mol. The van der Waals surface area contributed by atoms with Crippen LogP contribution in [0.1, 0.15) is 31.7 Å². The van der Waals surface area contributed by atoms with Gasteiger partial charge in [-0.15, -0.1) is 0 Å². The minimum atomic E-state index is -1.19. The number of aliphatic carboxylic acids is 1. The van der Waals surface area contributed by atoms with Gasteiger partial charge in [0.1, 0.15) is 18.1 Å². The fraction of sp³-hybridized carbons (Fsp3) is 0.476. The lowest BCUT2D eigenvalue weighted by molar-refractivity contribution is -0.144. The molecule has 1 aromatic carbocycles. The highest BCUT2D eigenvalue weighted by atomic mass is 16.4. The van der Waals surface area contributed by atoms with Gasteiger partial charge in [-0.1, -0.05) is 30.3 Å². The van der Waals surface area contributed by atoms with Crippen LogP contribution in [-0.2, 0) is 30.4 Å². The van der Waals surface area contributed by atoms with Crippen LogP contribution in [-0.4, -0.2) is 70.3 Å². The zero-order valence-electron chi connectivity index (χ0n) is 17.8. The van der Waals surface area contributed by atoms with E-state index >= 15 is 0 Å². The second-order valence-corrected chi connectivity index (χ2v) is 7.79. The molecular formula is C21H29N5O6. The maximum atomic E-state index is 12.8.